The Balaban J connectivity index is 4.15. The molecule has 0 fully saturated rings. The molecule has 0 radical (unpaired) electrons. The fraction of sp³-hybridized carbons (Fsp3) is 1.00. The van der Waals surface area contributed by atoms with E-state index in [0.29, 0.717) is 6.42 Å². The second-order valence-electron chi connectivity index (χ2n) is 4.83. The zero-order chi connectivity index (χ0) is 14.2. The van der Waals surface area contributed by atoms with Gasteiger partial charge in [-0.15, -0.1) is 0 Å². The summed E-state index contributed by atoms with van der Waals surface area (Å²) >= 11 is 0. The first-order valence-corrected chi connectivity index (χ1v) is 6.80. The van der Waals surface area contributed by atoms with E-state index in [1.165, 1.54) is 0 Å². The third-order valence-electron chi connectivity index (χ3n) is 3.03. The summed E-state index contributed by atoms with van der Waals surface area (Å²) in [5.41, 5.74) is 5.48. The molecule has 0 aliphatic heterocycles. The number of ether oxygens (including phenoxy) is 1. The molecule has 0 rings (SSSR count). The van der Waals surface area contributed by atoms with Crippen molar-refractivity contribution in [1.82, 2.24) is 0 Å². The Kier molecular flexibility index (Phi) is 8.61. The third kappa shape index (κ3) is 7.21. The highest BCUT2D eigenvalue weighted by atomic mass is 19.4. The monoisotopic (exact) mass is 269 g/mol. The molecule has 18 heavy (non-hydrogen) atoms. The lowest BCUT2D eigenvalue weighted by atomic mass is 10.1. The van der Waals surface area contributed by atoms with Gasteiger partial charge in [0.05, 0.1) is 6.10 Å². The van der Waals surface area contributed by atoms with E-state index in [1.807, 2.05) is 0 Å². The Labute approximate surface area is 108 Å². The van der Waals surface area contributed by atoms with Crippen LogP contribution in [0, 0.1) is 0 Å². The van der Waals surface area contributed by atoms with Crippen LogP contribution in [-0.4, -0.2) is 24.4 Å². The van der Waals surface area contributed by atoms with Crippen LogP contribution in [0.25, 0.3) is 0 Å². The van der Waals surface area contributed by atoms with Crippen LogP contribution in [0.5, 0.6) is 0 Å². The minimum atomic E-state index is -4.38. The van der Waals surface area contributed by atoms with E-state index in [-0.39, 0.29) is 6.42 Å². The Bertz CT molecular complexity index is 209. The van der Waals surface area contributed by atoms with E-state index in [2.05, 4.69) is 6.92 Å². The highest BCUT2D eigenvalue weighted by molar-refractivity contribution is 4.80. The second-order valence-corrected chi connectivity index (χ2v) is 4.83. The SMILES string of the molecule is CCCCCCC(C)OC(C(N)CC)C(F)(F)F. The fourth-order valence-electron chi connectivity index (χ4n) is 1.81. The molecule has 0 aliphatic rings. The number of hydrogen-bond acceptors (Lipinski definition) is 2. The Morgan fingerprint density at radius 3 is 2.17 bits per heavy atom. The summed E-state index contributed by atoms with van der Waals surface area (Å²) < 4.78 is 43.4. The van der Waals surface area contributed by atoms with Crippen LogP contribution in [0.4, 0.5) is 13.2 Å². The first kappa shape index (κ1) is 17.7. The normalized spacial score (nSPS) is 17.5. The molecular formula is C13H26F3NO. The maximum atomic E-state index is 12.8. The van der Waals surface area contributed by atoms with Crippen molar-refractivity contribution < 1.29 is 17.9 Å². The summed E-state index contributed by atoms with van der Waals surface area (Å²) in [6, 6.07) is -0.983. The zero-order valence-electron chi connectivity index (χ0n) is 11.6. The zero-order valence-corrected chi connectivity index (χ0v) is 11.6. The average Bonchev–Trinajstić information content (AvgIpc) is 2.29. The highest BCUT2D eigenvalue weighted by Crippen LogP contribution is 2.27. The number of rotatable bonds is 9. The van der Waals surface area contributed by atoms with Gasteiger partial charge in [0.25, 0.3) is 0 Å². The molecule has 0 aromatic carbocycles. The molecule has 0 amide bonds. The lowest BCUT2D eigenvalue weighted by Crippen LogP contribution is -2.48. The molecule has 0 saturated heterocycles. The van der Waals surface area contributed by atoms with E-state index in [1.54, 1.807) is 13.8 Å². The van der Waals surface area contributed by atoms with Crippen molar-refractivity contribution in [3.8, 4) is 0 Å². The van der Waals surface area contributed by atoms with Gasteiger partial charge in [0.2, 0.25) is 0 Å². The summed E-state index contributed by atoms with van der Waals surface area (Å²) in [4.78, 5) is 0. The van der Waals surface area contributed by atoms with Gasteiger partial charge in [-0.25, -0.2) is 0 Å². The minimum absolute atomic E-state index is 0.257. The molecule has 2 nitrogen and oxygen atoms in total. The van der Waals surface area contributed by atoms with Crippen molar-refractivity contribution in [2.75, 3.05) is 0 Å². The molecule has 110 valence electrons. The van der Waals surface area contributed by atoms with Gasteiger partial charge in [0.15, 0.2) is 6.10 Å². The predicted octanol–water partition coefficient (Wildman–Crippen LogP) is 4.03. The maximum Gasteiger partial charge on any atom is 0.416 e. The van der Waals surface area contributed by atoms with Gasteiger partial charge in [0, 0.05) is 6.04 Å². The standard InChI is InChI=1S/C13H26F3NO/c1-4-6-7-8-9-10(3)18-12(11(17)5-2)13(14,15)16/h10-12H,4-9,17H2,1-3H3. The summed E-state index contributed by atoms with van der Waals surface area (Å²) in [6.45, 7) is 5.42. The molecule has 3 atom stereocenters. The van der Waals surface area contributed by atoms with Gasteiger partial charge in [0.1, 0.15) is 0 Å². The van der Waals surface area contributed by atoms with E-state index < -0.39 is 24.4 Å². The van der Waals surface area contributed by atoms with Crippen LogP contribution in [0.3, 0.4) is 0 Å². The molecule has 0 heterocycles. The van der Waals surface area contributed by atoms with Crippen LogP contribution in [0.1, 0.15) is 59.3 Å². The molecule has 0 aromatic heterocycles. The molecule has 0 saturated carbocycles. The van der Waals surface area contributed by atoms with Gasteiger partial charge < -0.3 is 10.5 Å². The summed E-state index contributed by atoms with van der Waals surface area (Å²) in [5.74, 6) is 0. The Hall–Kier alpha value is -0.290. The van der Waals surface area contributed by atoms with Crippen LogP contribution in [0.2, 0.25) is 0 Å². The van der Waals surface area contributed by atoms with Crippen molar-refractivity contribution in [2.45, 2.75) is 83.7 Å². The minimum Gasteiger partial charge on any atom is -0.364 e. The smallest absolute Gasteiger partial charge is 0.364 e. The molecular weight excluding hydrogens is 243 g/mol. The lowest BCUT2D eigenvalue weighted by molar-refractivity contribution is -0.238. The molecule has 2 N–H and O–H groups in total. The maximum absolute atomic E-state index is 12.8. The number of hydrogen-bond donors (Lipinski definition) is 1. The topological polar surface area (TPSA) is 35.2 Å². The second kappa shape index (κ2) is 8.75. The van der Waals surface area contributed by atoms with Gasteiger partial charge in [-0.1, -0.05) is 39.5 Å². The van der Waals surface area contributed by atoms with Crippen molar-refractivity contribution in [1.29, 1.82) is 0 Å². The molecule has 3 unspecified atom stereocenters. The first-order chi connectivity index (χ1) is 8.32. The molecule has 0 aliphatic carbocycles. The average molecular weight is 269 g/mol. The van der Waals surface area contributed by atoms with Gasteiger partial charge >= 0.3 is 6.18 Å². The Morgan fingerprint density at radius 2 is 1.72 bits per heavy atom. The van der Waals surface area contributed by atoms with Gasteiger partial charge in [-0.3, -0.25) is 0 Å². The van der Waals surface area contributed by atoms with Gasteiger partial charge in [-0.05, 0) is 19.8 Å². The van der Waals surface area contributed by atoms with E-state index >= 15 is 0 Å². The number of alkyl halides is 3. The van der Waals surface area contributed by atoms with Crippen molar-refractivity contribution in [3.05, 3.63) is 0 Å². The fourth-order valence-corrected chi connectivity index (χ4v) is 1.81. The van der Waals surface area contributed by atoms with Crippen molar-refractivity contribution >= 4 is 0 Å². The van der Waals surface area contributed by atoms with E-state index in [9.17, 15) is 13.2 Å². The van der Waals surface area contributed by atoms with Crippen molar-refractivity contribution in [3.63, 3.8) is 0 Å². The number of halogens is 3. The number of unbranched alkanes of at least 4 members (excludes halogenated alkanes) is 3. The van der Waals surface area contributed by atoms with Gasteiger partial charge in [-0.2, -0.15) is 13.2 Å². The predicted molar refractivity (Wildman–Crippen MR) is 67.4 cm³/mol. The van der Waals surface area contributed by atoms with Crippen LogP contribution in [-0.2, 0) is 4.74 Å². The van der Waals surface area contributed by atoms with E-state index in [0.717, 1.165) is 25.7 Å². The summed E-state index contributed by atoms with van der Waals surface area (Å²) in [7, 11) is 0. The van der Waals surface area contributed by atoms with Crippen LogP contribution >= 0.6 is 0 Å². The van der Waals surface area contributed by atoms with E-state index in [4.69, 9.17) is 10.5 Å². The first-order valence-electron chi connectivity index (χ1n) is 6.80. The molecule has 0 spiro atoms. The highest BCUT2D eigenvalue weighted by Gasteiger charge is 2.44. The number of nitrogens with two attached hydrogens (primary N) is 1. The third-order valence-corrected chi connectivity index (χ3v) is 3.03. The quantitative estimate of drug-likeness (QED) is 0.641. The van der Waals surface area contributed by atoms with Crippen molar-refractivity contribution in [2.24, 2.45) is 5.73 Å². The molecule has 0 aromatic rings. The van der Waals surface area contributed by atoms with Crippen LogP contribution < -0.4 is 5.73 Å². The lowest BCUT2D eigenvalue weighted by Gasteiger charge is -2.28. The Morgan fingerprint density at radius 1 is 1.11 bits per heavy atom. The van der Waals surface area contributed by atoms with Crippen LogP contribution in [0.15, 0.2) is 0 Å². The largest absolute Gasteiger partial charge is 0.416 e. The summed E-state index contributed by atoms with van der Waals surface area (Å²) in [6.07, 6.45) is -1.54. The molecule has 0 bridgehead atoms. The summed E-state index contributed by atoms with van der Waals surface area (Å²) in [5, 5.41) is 0. The molecule has 5 heteroatoms.